The van der Waals surface area contributed by atoms with Crippen molar-refractivity contribution < 1.29 is 4.79 Å². The van der Waals surface area contributed by atoms with Crippen LogP contribution >= 0.6 is 0 Å². The first kappa shape index (κ1) is 11.5. The van der Waals surface area contributed by atoms with Crippen LogP contribution in [0.1, 0.15) is 6.92 Å². The zero-order valence-electron chi connectivity index (χ0n) is 10.5. The van der Waals surface area contributed by atoms with Crippen LogP contribution in [0, 0.1) is 0 Å². The number of carbonyl (C=O) groups excluding carboxylic acids is 1. The molecule has 0 unspecified atom stereocenters. The number of anilines is 1. The zero-order valence-corrected chi connectivity index (χ0v) is 10.5. The number of benzene rings is 2. The summed E-state index contributed by atoms with van der Waals surface area (Å²) in [7, 11) is 0. The molecule has 0 saturated heterocycles. The number of hydrogen-bond donors (Lipinski definition) is 1. The number of carbonyl (C=O) groups is 1. The van der Waals surface area contributed by atoms with Gasteiger partial charge < -0.3 is 5.32 Å². The molecular formula is C15H13N3O. The molecule has 4 heteroatoms. The first-order valence-corrected chi connectivity index (χ1v) is 6.05. The molecule has 0 aliphatic heterocycles. The highest BCUT2D eigenvalue weighted by Gasteiger charge is 2.04. The van der Waals surface area contributed by atoms with Gasteiger partial charge in [0.1, 0.15) is 0 Å². The molecule has 1 amide bonds. The molecular weight excluding hydrogens is 238 g/mol. The summed E-state index contributed by atoms with van der Waals surface area (Å²) in [6, 6.07) is 15.6. The smallest absolute Gasteiger partial charge is 0.221 e. The molecule has 3 rings (SSSR count). The summed E-state index contributed by atoms with van der Waals surface area (Å²) in [4.78, 5) is 11.0. The molecule has 19 heavy (non-hydrogen) atoms. The fourth-order valence-electron chi connectivity index (χ4n) is 2.02. The maximum absolute atomic E-state index is 11.0. The van der Waals surface area contributed by atoms with E-state index < -0.39 is 0 Å². The Morgan fingerprint density at radius 2 is 1.95 bits per heavy atom. The predicted octanol–water partition coefficient (Wildman–Crippen LogP) is 2.98. The molecule has 0 bridgehead atoms. The Kier molecular flexibility index (Phi) is 2.76. The number of nitrogens with one attached hydrogen (secondary N) is 1. The number of aromatic nitrogens is 2. The zero-order chi connectivity index (χ0) is 13.2. The first-order chi connectivity index (χ1) is 9.22. The normalized spacial score (nSPS) is 10.6. The van der Waals surface area contributed by atoms with E-state index in [2.05, 4.69) is 10.4 Å². The van der Waals surface area contributed by atoms with Gasteiger partial charge in [-0.25, -0.2) is 4.68 Å². The van der Waals surface area contributed by atoms with Crippen LogP contribution in [0.2, 0.25) is 0 Å². The molecule has 0 radical (unpaired) electrons. The van der Waals surface area contributed by atoms with Crippen molar-refractivity contribution in [3.05, 3.63) is 54.7 Å². The van der Waals surface area contributed by atoms with Crippen LogP contribution in [0.5, 0.6) is 0 Å². The lowest BCUT2D eigenvalue weighted by atomic mass is 10.2. The van der Waals surface area contributed by atoms with Gasteiger partial charge in [-0.05, 0) is 30.3 Å². The number of nitrogens with zero attached hydrogens (tertiary/aromatic N) is 2. The van der Waals surface area contributed by atoms with Crippen molar-refractivity contribution in [3.8, 4) is 5.69 Å². The van der Waals surface area contributed by atoms with E-state index in [1.165, 1.54) is 6.92 Å². The molecule has 3 aromatic rings. The summed E-state index contributed by atoms with van der Waals surface area (Å²) in [6.07, 6.45) is 1.95. The largest absolute Gasteiger partial charge is 0.326 e. The summed E-state index contributed by atoms with van der Waals surface area (Å²) in [5.41, 5.74) is 2.70. The van der Waals surface area contributed by atoms with Crippen LogP contribution in [-0.4, -0.2) is 15.7 Å². The number of para-hydroxylation sites is 1. The van der Waals surface area contributed by atoms with Crippen LogP contribution < -0.4 is 5.32 Å². The Balaban J connectivity index is 2.04. The maximum Gasteiger partial charge on any atom is 0.221 e. The van der Waals surface area contributed by atoms with E-state index in [0.717, 1.165) is 22.3 Å². The lowest BCUT2D eigenvalue weighted by Crippen LogP contribution is -2.05. The molecule has 0 saturated carbocycles. The van der Waals surface area contributed by atoms with E-state index in [9.17, 15) is 4.79 Å². The standard InChI is InChI=1S/C15H13N3O/c1-11(19)16-13-7-8-15-12(9-13)10-18(17-15)14-5-3-2-4-6-14/h2-10H,1H3,(H,16,19). The maximum atomic E-state index is 11.0. The van der Waals surface area contributed by atoms with Crippen molar-refractivity contribution in [2.24, 2.45) is 0 Å². The third-order valence-corrected chi connectivity index (χ3v) is 2.85. The van der Waals surface area contributed by atoms with E-state index in [4.69, 9.17) is 0 Å². The molecule has 0 aliphatic carbocycles. The molecule has 0 fully saturated rings. The van der Waals surface area contributed by atoms with Crippen LogP contribution in [-0.2, 0) is 4.79 Å². The monoisotopic (exact) mass is 251 g/mol. The van der Waals surface area contributed by atoms with Crippen molar-refractivity contribution in [3.63, 3.8) is 0 Å². The van der Waals surface area contributed by atoms with Gasteiger partial charge in [0.15, 0.2) is 0 Å². The highest BCUT2D eigenvalue weighted by Crippen LogP contribution is 2.19. The topological polar surface area (TPSA) is 46.9 Å². The van der Waals surface area contributed by atoms with E-state index in [0.29, 0.717) is 0 Å². The molecule has 4 nitrogen and oxygen atoms in total. The van der Waals surface area contributed by atoms with Crippen molar-refractivity contribution in [2.45, 2.75) is 6.92 Å². The number of fused-ring (bicyclic) bond motifs is 1. The molecule has 2 aromatic carbocycles. The van der Waals surface area contributed by atoms with Crippen molar-refractivity contribution in [2.75, 3.05) is 5.32 Å². The molecule has 1 aromatic heterocycles. The molecule has 94 valence electrons. The quantitative estimate of drug-likeness (QED) is 0.761. The summed E-state index contributed by atoms with van der Waals surface area (Å²) < 4.78 is 1.84. The Labute approximate surface area is 110 Å². The van der Waals surface area contributed by atoms with Gasteiger partial charge in [-0.3, -0.25) is 4.79 Å². The van der Waals surface area contributed by atoms with Gasteiger partial charge in [0.25, 0.3) is 0 Å². The van der Waals surface area contributed by atoms with E-state index >= 15 is 0 Å². The summed E-state index contributed by atoms with van der Waals surface area (Å²) in [5.74, 6) is -0.0743. The Hall–Kier alpha value is -2.62. The van der Waals surface area contributed by atoms with E-state index in [1.54, 1.807) is 0 Å². The van der Waals surface area contributed by atoms with Gasteiger partial charge >= 0.3 is 0 Å². The van der Waals surface area contributed by atoms with Gasteiger partial charge in [0.2, 0.25) is 5.91 Å². The van der Waals surface area contributed by atoms with Gasteiger partial charge in [-0.15, -0.1) is 0 Å². The Morgan fingerprint density at radius 3 is 2.68 bits per heavy atom. The van der Waals surface area contributed by atoms with Crippen LogP contribution in [0.4, 0.5) is 5.69 Å². The first-order valence-electron chi connectivity index (χ1n) is 6.05. The molecule has 0 spiro atoms. The summed E-state index contributed by atoms with van der Waals surface area (Å²) in [5, 5.41) is 8.27. The Morgan fingerprint density at radius 1 is 1.16 bits per heavy atom. The van der Waals surface area contributed by atoms with Crippen LogP contribution in [0.3, 0.4) is 0 Å². The summed E-state index contributed by atoms with van der Waals surface area (Å²) >= 11 is 0. The molecule has 0 aliphatic rings. The van der Waals surface area contributed by atoms with Crippen molar-refractivity contribution >= 4 is 22.5 Å². The average Bonchev–Trinajstić information content (AvgIpc) is 2.82. The second kappa shape index (κ2) is 4.57. The van der Waals surface area contributed by atoms with Gasteiger partial charge in [-0.1, -0.05) is 18.2 Å². The minimum absolute atomic E-state index is 0.0743. The fourth-order valence-corrected chi connectivity index (χ4v) is 2.02. The van der Waals surface area contributed by atoms with E-state index in [-0.39, 0.29) is 5.91 Å². The Bertz CT molecular complexity index is 731. The number of rotatable bonds is 2. The van der Waals surface area contributed by atoms with Gasteiger partial charge in [0, 0.05) is 24.2 Å². The number of amides is 1. The van der Waals surface area contributed by atoms with E-state index in [1.807, 2.05) is 59.4 Å². The lowest BCUT2D eigenvalue weighted by molar-refractivity contribution is -0.114. The second-order valence-corrected chi connectivity index (χ2v) is 4.36. The SMILES string of the molecule is CC(=O)Nc1ccc2nn(-c3ccccc3)cc2c1. The third-order valence-electron chi connectivity index (χ3n) is 2.85. The molecule has 1 N–H and O–H groups in total. The number of hydrogen-bond acceptors (Lipinski definition) is 2. The van der Waals surface area contributed by atoms with Crippen molar-refractivity contribution in [1.29, 1.82) is 0 Å². The minimum Gasteiger partial charge on any atom is -0.326 e. The van der Waals surface area contributed by atoms with Crippen LogP contribution in [0.15, 0.2) is 54.7 Å². The highest BCUT2D eigenvalue weighted by atomic mass is 16.1. The minimum atomic E-state index is -0.0743. The second-order valence-electron chi connectivity index (χ2n) is 4.36. The summed E-state index contributed by atoms with van der Waals surface area (Å²) in [6.45, 7) is 1.50. The molecule has 1 heterocycles. The fraction of sp³-hybridized carbons (Fsp3) is 0.0667. The average molecular weight is 251 g/mol. The highest BCUT2D eigenvalue weighted by molar-refractivity contribution is 5.92. The predicted molar refractivity (Wildman–Crippen MR) is 75.4 cm³/mol. The third kappa shape index (κ3) is 2.33. The lowest BCUT2D eigenvalue weighted by Gasteiger charge is -1.99. The van der Waals surface area contributed by atoms with Crippen molar-refractivity contribution in [1.82, 2.24) is 9.78 Å². The van der Waals surface area contributed by atoms with Gasteiger partial charge in [-0.2, -0.15) is 5.10 Å². The van der Waals surface area contributed by atoms with Gasteiger partial charge in [0.05, 0.1) is 11.2 Å². The van der Waals surface area contributed by atoms with Crippen LogP contribution in [0.25, 0.3) is 16.6 Å². The molecule has 0 atom stereocenters.